The maximum Gasteiger partial charge on any atom is 0.241 e. The highest BCUT2D eigenvalue weighted by atomic mass is 32.2. The lowest BCUT2D eigenvalue weighted by Gasteiger charge is -2.16. The van der Waals surface area contributed by atoms with Crippen LogP contribution < -0.4 is 10.0 Å². The number of hydrogen-bond acceptors (Lipinski definition) is 4. The van der Waals surface area contributed by atoms with Gasteiger partial charge in [-0.05, 0) is 74.2 Å². The van der Waals surface area contributed by atoms with Crippen LogP contribution in [0.2, 0.25) is 0 Å². The average molecular weight is 408 g/mol. The van der Waals surface area contributed by atoms with Crippen LogP contribution >= 0.6 is 0 Å². The summed E-state index contributed by atoms with van der Waals surface area (Å²) in [6.07, 6.45) is 1.64. The predicted octanol–water partition coefficient (Wildman–Crippen LogP) is 4.28. The van der Waals surface area contributed by atoms with Crippen molar-refractivity contribution >= 4 is 15.7 Å². The summed E-state index contributed by atoms with van der Waals surface area (Å²) in [6.45, 7) is 4.54. The van der Waals surface area contributed by atoms with Gasteiger partial charge in [-0.2, -0.15) is 0 Å². The van der Waals surface area contributed by atoms with Crippen LogP contribution in [0, 0.1) is 13.8 Å². The molecule has 1 aromatic heterocycles. The molecule has 0 fully saturated rings. The molecule has 3 aromatic rings. The molecule has 1 aliphatic carbocycles. The number of aryl methyl sites for hydroxylation is 3. The van der Waals surface area contributed by atoms with Crippen LogP contribution in [-0.4, -0.2) is 13.4 Å². The molecule has 1 aliphatic rings. The van der Waals surface area contributed by atoms with E-state index in [1.807, 2.05) is 50.2 Å². The van der Waals surface area contributed by atoms with Crippen LogP contribution in [0.25, 0.3) is 0 Å². The highest BCUT2D eigenvalue weighted by Gasteiger charge is 2.27. The summed E-state index contributed by atoms with van der Waals surface area (Å²) >= 11 is 0. The minimum Gasteiger partial charge on any atom is -0.379 e. The van der Waals surface area contributed by atoms with Crippen molar-refractivity contribution in [2.75, 3.05) is 5.32 Å². The molecule has 0 amide bonds. The molecule has 2 N–H and O–H groups in total. The van der Waals surface area contributed by atoms with E-state index < -0.39 is 10.0 Å². The van der Waals surface area contributed by atoms with Crippen molar-refractivity contribution < 1.29 is 8.42 Å². The van der Waals surface area contributed by atoms with Crippen molar-refractivity contribution in [3.05, 3.63) is 88.7 Å². The molecule has 0 spiro atoms. The van der Waals surface area contributed by atoms with Crippen molar-refractivity contribution in [1.82, 2.24) is 9.71 Å². The third-order valence-corrected chi connectivity index (χ3v) is 6.76. The molecule has 150 valence electrons. The van der Waals surface area contributed by atoms with E-state index in [9.17, 15) is 8.42 Å². The Morgan fingerprint density at radius 3 is 2.59 bits per heavy atom. The predicted molar refractivity (Wildman–Crippen MR) is 115 cm³/mol. The van der Waals surface area contributed by atoms with Gasteiger partial charge in [-0.25, -0.2) is 13.1 Å². The molecule has 1 atom stereocenters. The summed E-state index contributed by atoms with van der Waals surface area (Å²) < 4.78 is 28.5. The zero-order valence-electron chi connectivity index (χ0n) is 16.6. The monoisotopic (exact) mass is 407 g/mol. The van der Waals surface area contributed by atoms with Crippen LogP contribution in [0.4, 0.5) is 5.69 Å². The zero-order valence-corrected chi connectivity index (χ0v) is 17.5. The number of fused-ring (bicyclic) bond motifs is 1. The third kappa shape index (κ3) is 4.49. The minimum absolute atomic E-state index is 0.213. The largest absolute Gasteiger partial charge is 0.379 e. The lowest BCUT2D eigenvalue weighted by atomic mass is 10.1. The second kappa shape index (κ2) is 7.97. The summed E-state index contributed by atoms with van der Waals surface area (Å²) in [7, 11) is -3.56. The van der Waals surface area contributed by atoms with Gasteiger partial charge < -0.3 is 5.32 Å². The normalized spacial score (nSPS) is 15.9. The third-order valence-electron chi connectivity index (χ3n) is 5.27. The fourth-order valence-corrected chi connectivity index (χ4v) is 4.95. The second-order valence-corrected chi connectivity index (χ2v) is 9.28. The van der Waals surface area contributed by atoms with Gasteiger partial charge in [-0.3, -0.25) is 4.98 Å². The standard InChI is InChI=1S/C23H25N3O2S/c1-16-6-11-21(12-7-16)29(27,28)26-23-13-9-18-8-10-19(14-22(18)23)24-15-20-5-3-4-17(2)25-20/h3-8,10-12,14,23-24,26H,9,13,15H2,1-2H3. The van der Waals surface area contributed by atoms with Crippen molar-refractivity contribution in [3.63, 3.8) is 0 Å². The van der Waals surface area contributed by atoms with Gasteiger partial charge in [-0.1, -0.05) is 29.8 Å². The summed E-state index contributed by atoms with van der Waals surface area (Å²) in [5.74, 6) is 0. The van der Waals surface area contributed by atoms with Crippen LogP contribution in [0.5, 0.6) is 0 Å². The van der Waals surface area contributed by atoms with Crippen molar-refractivity contribution in [3.8, 4) is 0 Å². The van der Waals surface area contributed by atoms with Gasteiger partial charge in [0.05, 0.1) is 17.1 Å². The molecular weight excluding hydrogens is 382 g/mol. The van der Waals surface area contributed by atoms with Gasteiger partial charge in [0.25, 0.3) is 0 Å². The Balaban J connectivity index is 1.50. The van der Waals surface area contributed by atoms with E-state index in [1.54, 1.807) is 12.1 Å². The number of rotatable bonds is 6. The van der Waals surface area contributed by atoms with Gasteiger partial charge in [0, 0.05) is 17.4 Å². The number of benzene rings is 2. The molecule has 4 rings (SSSR count). The fourth-order valence-electron chi connectivity index (χ4n) is 3.70. The van der Waals surface area contributed by atoms with Crippen LogP contribution in [0.15, 0.2) is 65.6 Å². The lowest BCUT2D eigenvalue weighted by Crippen LogP contribution is -2.27. The van der Waals surface area contributed by atoms with E-state index in [2.05, 4.69) is 27.2 Å². The first-order valence-corrected chi connectivity index (χ1v) is 11.3. The molecule has 5 nitrogen and oxygen atoms in total. The van der Waals surface area contributed by atoms with E-state index in [4.69, 9.17) is 0 Å². The van der Waals surface area contributed by atoms with Gasteiger partial charge in [0.15, 0.2) is 0 Å². The van der Waals surface area contributed by atoms with E-state index in [1.165, 1.54) is 5.56 Å². The van der Waals surface area contributed by atoms with Crippen molar-refractivity contribution in [2.24, 2.45) is 0 Å². The Bertz CT molecular complexity index is 1130. The molecule has 0 saturated carbocycles. The average Bonchev–Trinajstić information content (AvgIpc) is 3.08. The highest BCUT2D eigenvalue weighted by Crippen LogP contribution is 2.34. The number of sulfonamides is 1. The number of pyridine rings is 1. The molecule has 0 bridgehead atoms. The molecule has 0 aliphatic heterocycles. The van der Waals surface area contributed by atoms with E-state index in [0.29, 0.717) is 11.4 Å². The van der Waals surface area contributed by atoms with Gasteiger partial charge in [-0.15, -0.1) is 0 Å². The Hall–Kier alpha value is -2.70. The Morgan fingerprint density at radius 2 is 1.83 bits per heavy atom. The van der Waals surface area contributed by atoms with Gasteiger partial charge in [0.1, 0.15) is 0 Å². The maximum atomic E-state index is 12.8. The molecule has 0 radical (unpaired) electrons. The Morgan fingerprint density at radius 1 is 1.03 bits per heavy atom. The molecule has 1 heterocycles. The molecule has 29 heavy (non-hydrogen) atoms. The Labute approximate surface area is 172 Å². The van der Waals surface area contributed by atoms with Crippen LogP contribution in [0.1, 0.15) is 40.5 Å². The van der Waals surface area contributed by atoms with Crippen LogP contribution in [-0.2, 0) is 23.0 Å². The number of aromatic nitrogens is 1. The SMILES string of the molecule is Cc1ccc(S(=O)(=O)NC2CCc3ccc(NCc4cccc(C)n4)cc32)cc1. The van der Waals surface area contributed by atoms with Crippen LogP contribution in [0.3, 0.4) is 0 Å². The summed E-state index contributed by atoms with van der Waals surface area (Å²) in [5.41, 5.74) is 6.21. The topological polar surface area (TPSA) is 71.1 Å². The number of nitrogens with zero attached hydrogens (tertiary/aromatic N) is 1. The second-order valence-electron chi connectivity index (χ2n) is 7.56. The van der Waals surface area contributed by atoms with Crippen molar-refractivity contribution in [1.29, 1.82) is 0 Å². The maximum absolute atomic E-state index is 12.8. The minimum atomic E-state index is -3.56. The van der Waals surface area contributed by atoms with E-state index in [0.717, 1.165) is 41.0 Å². The first-order chi connectivity index (χ1) is 13.9. The number of anilines is 1. The molecule has 1 unspecified atom stereocenters. The molecule has 6 heteroatoms. The lowest BCUT2D eigenvalue weighted by molar-refractivity contribution is 0.554. The number of hydrogen-bond donors (Lipinski definition) is 2. The summed E-state index contributed by atoms with van der Waals surface area (Å²) in [5, 5.41) is 3.40. The van der Waals surface area contributed by atoms with E-state index in [-0.39, 0.29) is 6.04 Å². The fraction of sp³-hybridized carbons (Fsp3) is 0.261. The Kier molecular flexibility index (Phi) is 5.39. The zero-order chi connectivity index (χ0) is 20.4. The highest BCUT2D eigenvalue weighted by molar-refractivity contribution is 7.89. The molecular formula is C23H25N3O2S. The quantitative estimate of drug-likeness (QED) is 0.640. The summed E-state index contributed by atoms with van der Waals surface area (Å²) in [4.78, 5) is 4.81. The van der Waals surface area contributed by atoms with E-state index >= 15 is 0 Å². The van der Waals surface area contributed by atoms with Crippen molar-refractivity contribution in [2.45, 2.75) is 44.2 Å². The smallest absolute Gasteiger partial charge is 0.241 e. The summed E-state index contributed by atoms with van der Waals surface area (Å²) in [6, 6.07) is 18.9. The molecule has 2 aromatic carbocycles. The van der Waals surface area contributed by atoms with Gasteiger partial charge in [0.2, 0.25) is 10.0 Å². The van der Waals surface area contributed by atoms with Gasteiger partial charge >= 0.3 is 0 Å². The molecule has 0 saturated heterocycles. The first kappa shape index (κ1) is 19.6. The first-order valence-electron chi connectivity index (χ1n) is 9.79. The number of nitrogens with one attached hydrogen (secondary N) is 2.